The Kier molecular flexibility index (Phi) is 8.12. The van der Waals surface area contributed by atoms with Crippen molar-refractivity contribution in [1.29, 1.82) is 0 Å². The molecule has 24 heavy (non-hydrogen) atoms. The van der Waals surface area contributed by atoms with Crippen LogP contribution >= 0.6 is 24.8 Å². The maximum Gasteiger partial charge on any atom is 0.223 e. The highest BCUT2D eigenvalue weighted by molar-refractivity contribution is 5.85. The molecule has 2 heterocycles. The number of nitrogens with zero attached hydrogens (tertiary/aromatic N) is 3. The second-order valence-corrected chi connectivity index (χ2v) is 5.81. The van der Waals surface area contributed by atoms with Gasteiger partial charge >= 0.3 is 0 Å². The zero-order valence-corrected chi connectivity index (χ0v) is 15.4. The fourth-order valence-corrected chi connectivity index (χ4v) is 2.91. The van der Waals surface area contributed by atoms with E-state index < -0.39 is 0 Å². The van der Waals surface area contributed by atoms with Gasteiger partial charge in [-0.3, -0.25) is 4.90 Å². The molecule has 0 amide bonds. The number of benzene rings is 1. The predicted octanol–water partition coefficient (Wildman–Crippen LogP) is 2.22. The van der Waals surface area contributed by atoms with Crippen LogP contribution in [-0.4, -0.2) is 52.9 Å². The summed E-state index contributed by atoms with van der Waals surface area (Å²) in [4.78, 5) is 6.57. The molecule has 0 spiro atoms. The number of halogens is 2. The fraction of sp³-hybridized carbons (Fsp3) is 0.500. The van der Waals surface area contributed by atoms with Gasteiger partial charge in [0.15, 0.2) is 0 Å². The number of aliphatic hydroxyl groups excluding tert-OH is 1. The summed E-state index contributed by atoms with van der Waals surface area (Å²) in [5, 5.41) is 17.0. The summed E-state index contributed by atoms with van der Waals surface area (Å²) in [6.45, 7) is 4.36. The van der Waals surface area contributed by atoms with E-state index in [0.717, 1.165) is 31.6 Å². The summed E-state index contributed by atoms with van der Waals surface area (Å²) < 4.78 is 5.05. The molecule has 1 aliphatic heterocycles. The first kappa shape index (κ1) is 20.9. The van der Waals surface area contributed by atoms with Gasteiger partial charge < -0.3 is 14.9 Å². The van der Waals surface area contributed by atoms with Gasteiger partial charge in [0.25, 0.3) is 0 Å². The summed E-state index contributed by atoms with van der Waals surface area (Å²) in [6.07, 6.45) is 0.671. The molecular formula is C16H24Cl2N4O2. The molecule has 8 heteroatoms. The number of β-amino-alcohol motifs (C(OH)–C–C–N with tert-alkyl or cyclic N) is 1. The minimum absolute atomic E-state index is 0. The summed E-state index contributed by atoms with van der Waals surface area (Å²) in [5.41, 5.74) is 2.14. The van der Waals surface area contributed by atoms with Crippen LogP contribution in [0.25, 0.3) is 11.4 Å². The van der Waals surface area contributed by atoms with Crippen molar-refractivity contribution in [3.05, 3.63) is 35.7 Å². The van der Waals surface area contributed by atoms with Crippen molar-refractivity contribution in [1.82, 2.24) is 20.4 Å². The Labute approximate surface area is 154 Å². The molecule has 0 radical (unpaired) electrons. The van der Waals surface area contributed by atoms with Gasteiger partial charge in [-0.25, -0.2) is 0 Å². The van der Waals surface area contributed by atoms with Gasteiger partial charge in [-0.1, -0.05) is 23.4 Å². The van der Waals surface area contributed by atoms with Crippen molar-refractivity contribution in [3.8, 4) is 11.4 Å². The van der Waals surface area contributed by atoms with E-state index in [-0.39, 0.29) is 37.0 Å². The molecule has 1 aromatic heterocycles. The number of nitrogens with one attached hydrogen (secondary N) is 1. The largest absolute Gasteiger partial charge is 0.392 e. The number of likely N-dealkylation sites (tertiary alicyclic amines) is 1. The fourth-order valence-electron chi connectivity index (χ4n) is 2.91. The average Bonchev–Trinajstić information content (AvgIpc) is 3.13. The van der Waals surface area contributed by atoms with E-state index in [1.165, 1.54) is 5.56 Å². The molecule has 0 bridgehead atoms. The monoisotopic (exact) mass is 374 g/mol. The van der Waals surface area contributed by atoms with E-state index in [0.29, 0.717) is 11.7 Å². The number of likely N-dealkylation sites (N-methyl/N-ethyl adjacent to an activating group) is 1. The van der Waals surface area contributed by atoms with Crippen LogP contribution in [0.3, 0.4) is 0 Å². The maximum atomic E-state index is 9.66. The van der Waals surface area contributed by atoms with Crippen LogP contribution < -0.4 is 5.32 Å². The van der Waals surface area contributed by atoms with Crippen molar-refractivity contribution in [2.75, 3.05) is 26.7 Å². The van der Waals surface area contributed by atoms with Gasteiger partial charge in [-0.15, -0.1) is 24.8 Å². The van der Waals surface area contributed by atoms with Gasteiger partial charge in [-0.2, -0.15) is 4.98 Å². The molecule has 2 atom stereocenters. The standard InChI is InChI=1S/C16H22N4O2.2ClH/c1-11-18-16(19-22-11)13-5-3-4-12(8-13)15(17-2)10-20-7-6-14(21)9-20;;/h3-5,8,14-15,17,21H,6-7,9-10H2,1-2H3;2*1H/t14-,15+;;/m0../s1. The number of rotatable bonds is 5. The lowest BCUT2D eigenvalue weighted by atomic mass is 10.0. The van der Waals surface area contributed by atoms with E-state index in [9.17, 15) is 5.11 Å². The number of hydrogen-bond acceptors (Lipinski definition) is 6. The van der Waals surface area contributed by atoms with Crippen LogP contribution in [0.1, 0.15) is 23.9 Å². The van der Waals surface area contributed by atoms with Crippen LogP contribution in [0.4, 0.5) is 0 Å². The summed E-state index contributed by atoms with van der Waals surface area (Å²) in [6, 6.07) is 8.40. The molecular weight excluding hydrogens is 351 g/mol. The molecule has 1 aliphatic rings. The third-order valence-electron chi connectivity index (χ3n) is 4.11. The molecule has 2 N–H and O–H groups in total. The van der Waals surface area contributed by atoms with Gasteiger partial charge in [0.1, 0.15) is 0 Å². The first-order chi connectivity index (χ1) is 10.7. The van der Waals surface area contributed by atoms with Gasteiger partial charge in [0.2, 0.25) is 11.7 Å². The highest BCUT2D eigenvalue weighted by Gasteiger charge is 2.23. The Bertz CT molecular complexity index is 638. The molecule has 0 saturated carbocycles. The van der Waals surface area contributed by atoms with Crippen molar-refractivity contribution >= 4 is 24.8 Å². The van der Waals surface area contributed by atoms with Crippen LogP contribution in [0.5, 0.6) is 0 Å². The van der Waals surface area contributed by atoms with Crippen molar-refractivity contribution in [3.63, 3.8) is 0 Å². The summed E-state index contributed by atoms with van der Waals surface area (Å²) in [5.74, 6) is 1.18. The third-order valence-corrected chi connectivity index (χ3v) is 4.11. The van der Waals surface area contributed by atoms with Gasteiger partial charge in [-0.05, 0) is 25.1 Å². The van der Waals surface area contributed by atoms with E-state index in [4.69, 9.17) is 4.52 Å². The number of aromatic nitrogens is 2. The normalized spacial score (nSPS) is 18.7. The molecule has 3 rings (SSSR count). The topological polar surface area (TPSA) is 74.4 Å². The lowest BCUT2D eigenvalue weighted by Gasteiger charge is -2.23. The SMILES string of the molecule is CN[C@H](CN1CC[C@H](O)C1)c1cccc(-c2noc(C)n2)c1.Cl.Cl. The predicted molar refractivity (Wildman–Crippen MR) is 97.8 cm³/mol. The van der Waals surface area contributed by atoms with Crippen LogP contribution in [0.2, 0.25) is 0 Å². The van der Waals surface area contributed by atoms with Crippen LogP contribution in [-0.2, 0) is 0 Å². The zero-order chi connectivity index (χ0) is 15.5. The molecule has 2 aromatic rings. The second kappa shape index (κ2) is 9.34. The molecule has 6 nitrogen and oxygen atoms in total. The summed E-state index contributed by atoms with van der Waals surface area (Å²) >= 11 is 0. The smallest absolute Gasteiger partial charge is 0.223 e. The van der Waals surface area contributed by atoms with Crippen molar-refractivity contribution in [2.45, 2.75) is 25.5 Å². The minimum Gasteiger partial charge on any atom is -0.392 e. The first-order valence-electron chi connectivity index (χ1n) is 7.64. The molecule has 134 valence electrons. The molecule has 0 unspecified atom stereocenters. The average molecular weight is 375 g/mol. The molecule has 1 saturated heterocycles. The Morgan fingerprint density at radius 2 is 2.21 bits per heavy atom. The van der Waals surface area contributed by atoms with Crippen molar-refractivity contribution < 1.29 is 9.63 Å². The minimum atomic E-state index is -0.189. The first-order valence-corrected chi connectivity index (χ1v) is 7.64. The second-order valence-electron chi connectivity index (χ2n) is 5.81. The Morgan fingerprint density at radius 1 is 1.42 bits per heavy atom. The van der Waals surface area contributed by atoms with Crippen LogP contribution in [0.15, 0.2) is 28.8 Å². The van der Waals surface area contributed by atoms with E-state index in [2.05, 4.69) is 32.5 Å². The third kappa shape index (κ3) is 4.91. The highest BCUT2D eigenvalue weighted by Crippen LogP contribution is 2.23. The van der Waals surface area contributed by atoms with Gasteiger partial charge in [0, 0.05) is 38.2 Å². The molecule has 1 aromatic carbocycles. The van der Waals surface area contributed by atoms with E-state index >= 15 is 0 Å². The zero-order valence-electron chi connectivity index (χ0n) is 13.8. The molecule has 0 aliphatic carbocycles. The quantitative estimate of drug-likeness (QED) is 0.835. The lowest BCUT2D eigenvalue weighted by molar-refractivity contribution is 0.173. The van der Waals surface area contributed by atoms with Crippen LogP contribution in [0, 0.1) is 6.92 Å². The number of hydrogen-bond donors (Lipinski definition) is 2. The number of aryl methyl sites for hydroxylation is 1. The number of aliphatic hydroxyl groups is 1. The maximum absolute atomic E-state index is 9.66. The van der Waals surface area contributed by atoms with E-state index in [1.54, 1.807) is 6.92 Å². The highest BCUT2D eigenvalue weighted by atomic mass is 35.5. The molecule has 1 fully saturated rings. The van der Waals surface area contributed by atoms with Crippen molar-refractivity contribution in [2.24, 2.45) is 0 Å². The van der Waals surface area contributed by atoms with E-state index in [1.807, 2.05) is 19.2 Å². The Hall–Kier alpha value is -1.18. The summed E-state index contributed by atoms with van der Waals surface area (Å²) in [7, 11) is 1.96. The Balaban J connectivity index is 0.00000144. The van der Waals surface area contributed by atoms with Gasteiger partial charge in [0.05, 0.1) is 6.10 Å². The Morgan fingerprint density at radius 3 is 2.79 bits per heavy atom. The lowest BCUT2D eigenvalue weighted by Crippen LogP contribution is -2.33.